The van der Waals surface area contributed by atoms with Gasteiger partial charge in [-0.25, -0.2) is 13.1 Å². The van der Waals surface area contributed by atoms with Gasteiger partial charge in [0.1, 0.15) is 4.90 Å². The minimum atomic E-state index is -3.82. The van der Waals surface area contributed by atoms with Crippen molar-refractivity contribution in [2.75, 3.05) is 4.72 Å². The molecule has 0 aliphatic heterocycles. The van der Waals surface area contributed by atoms with Crippen molar-refractivity contribution in [1.29, 1.82) is 0 Å². The highest BCUT2D eigenvalue weighted by Crippen LogP contribution is 2.29. The van der Waals surface area contributed by atoms with E-state index in [0.29, 0.717) is 10.6 Å². The number of primary amides is 1. The van der Waals surface area contributed by atoms with Gasteiger partial charge in [0.25, 0.3) is 10.0 Å². The maximum absolute atomic E-state index is 12.9. The molecule has 1 amide bonds. The van der Waals surface area contributed by atoms with Gasteiger partial charge in [0, 0.05) is 21.5 Å². The quantitative estimate of drug-likeness (QED) is 0.698. The molecule has 0 aliphatic carbocycles. The first-order valence-corrected chi connectivity index (χ1v) is 10.0. The number of nitrogens with one attached hydrogen (secondary N) is 1. The number of aromatic nitrogens is 2. The predicted octanol–water partition coefficient (Wildman–Crippen LogP) is 2.76. The summed E-state index contributed by atoms with van der Waals surface area (Å²) in [6, 6.07) is 6.18. The summed E-state index contributed by atoms with van der Waals surface area (Å²) in [6.45, 7) is 5.48. The molecule has 26 heavy (non-hydrogen) atoms. The third kappa shape index (κ3) is 3.49. The molecule has 7 nitrogen and oxygen atoms in total. The summed E-state index contributed by atoms with van der Waals surface area (Å²) < 4.78 is 29.8. The van der Waals surface area contributed by atoms with Crippen LogP contribution in [0.4, 0.5) is 5.69 Å². The molecule has 0 atom stereocenters. The van der Waals surface area contributed by atoms with Gasteiger partial charge in [-0.15, -0.1) is 11.3 Å². The van der Waals surface area contributed by atoms with Crippen LogP contribution < -0.4 is 10.5 Å². The van der Waals surface area contributed by atoms with E-state index in [0.717, 1.165) is 10.4 Å². The van der Waals surface area contributed by atoms with Gasteiger partial charge in [-0.2, -0.15) is 5.10 Å². The number of nitrogens with zero attached hydrogens (tertiary/aromatic N) is 2. The molecule has 3 N–H and O–H groups in total. The number of carbonyl (C=O) groups is 1. The number of carbonyl (C=O) groups excluding carboxylic acids is 1. The average molecular weight is 390 g/mol. The first-order valence-electron chi connectivity index (χ1n) is 7.73. The molecule has 2 aromatic heterocycles. The fraction of sp³-hybridized carbons (Fsp3) is 0.176. The minimum absolute atomic E-state index is 0.202. The van der Waals surface area contributed by atoms with Gasteiger partial charge in [-0.05, 0) is 50.6 Å². The lowest BCUT2D eigenvalue weighted by Crippen LogP contribution is -2.17. The van der Waals surface area contributed by atoms with Gasteiger partial charge >= 0.3 is 0 Å². The number of sulfonamides is 1. The SMILES string of the molecule is Cc1cnn(-c2ccc(C(N)=O)cc2NS(=O)(=O)c2cc(C)sc2C)c1. The molecular weight excluding hydrogens is 372 g/mol. The second kappa shape index (κ2) is 6.58. The van der Waals surface area contributed by atoms with Crippen LogP contribution in [0.25, 0.3) is 5.69 Å². The van der Waals surface area contributed by atoms with E-state index < -0.39 is 15.9 Å². The Hall–Kier alpha value is -2.65. The van der Waals surface area contributed by atoms with Crippen molar-refractivity contribution in [3.8, 4) is 5.69 Å². The zero-order valence-corrected chi connectivity index (χ0v) is 16.1. The van der Waals surface area contributed by atoms with Crippen molar-refractivity contribution in [3.63, 3.8) is 0 Å². The van der Waals surface area contributed by atoms with E-state index in [2.05, 4.69) is 9.82 Å². The topological polar surface area (TPSA) is 107 Å². The largest absolute Gasteiger partial charge is 0.366 e. The Morgan fingerprint density at radius 3 is 2.50 bits per heavy atom. The van der Waals surface area contributed by atoms with Crippen LogP contribution in [0.2, 0.25) is 0 Å². The monoisotopic (exact) mass is 390 g/mol. The Balaban J connectivity index is 2.11. The molecule has 9 heteroatoms. The number of aryl methyl sites for hydroxylation is 3. The molecule has 136 valence electrons. The smallest absolute Gasteiger partial charge is 0.263 e. The van der Waals surface area contributed by atoms with Crippen molar-refractivity contribution in [2.45, 2.75) is 25.7 Å². The van der Waals surface area contributed by atoms with E-state index in [1.165, 1.54) is 23.5 Å². The molecule has 0 unspecified atom stereocenters. The predicted molar refractivity (Wildman–Crippen MR) is 101 cm³/mol. The fourth-order valence-corrected chi connectivity index (χ4v) is 5.21. The van der Waals surface area contributed by atoms with E-state index in [9.17, 15) is 13.2 Å². The zero-order chi connectivity index (χ0) is 19.1. The molecule has 3 rings (SSSR count). The van der Waals surface area contributed by atoms with Crippen LogP contribution in [-0.2, 0) is 10.0 Å². The summed E-state index contributed by atoms with van der Waals surface area (Å²) in [7, 11) is -3.82. The maximum Gasteiger partial charge on any atom is 0.263 e. The molecular formula is C17H18N4O3S2. The Morgan fingerprint density at radius 2 is 1.96 bits per heavy atom. The number of nitrogens with two attached hydrogens (primary N) is 1. The van der Waals surface area contributed by atoms with E-state index in [-0.39, 0.29) is 16.1 Å². The molecule has 2 heterocycles. The summed E-state index contributed by atoms with van der Waals surface area (Å²) >= 11 is 1.41. The fourth-order valence-electron chi connectivity index (χ4n) is 2.59. The maximum atomic E-state index is 12.9. The van der Waals surface area contributed by atoms with Crippen molar-refractivity contribution < 1.29 is 13.2 Å². The normalized spacial score (nSPS) is 11.5. The van der Waals surface area contributed by atoms with E-state index in [4.69, 9.17) is 5.73 Å². The number of amides is 1. The molecule has 0 fully saturated rings. The molecule has 3 aromatic rings. The first kappa shape index (κ1) is 18.2. The van der Waals surface area contributed by atoms with Crippen molar-refractivity contribution >= 4 is 33.0 Å². The average Bonchev–Trinajstić information content (AvgIpc) is 3.12. The number of anilines is 1. The second-order valence-corrected chi connectivity index (χ2v) is 9.05. The van der Waals surface area contributed by atoms with Gasteiger partial charge in [-0.3, -0.25) is 9.52 Å². The summed E-state index contributed by atoms with van der Waals surface area (Å²) in [6.07, 6.45) is 3.42. The van der Waals surface area contributed by atoms with Crippen molar-refractivity contribution in [2.24, 2.45) is 5.73 Å². The number of benzene rings is 1. The van der Waals surface area contributed by atoms with Gasteiger partial charge in [-0.1, -0.05) is 0 Å². The molecule has 0 saturated heterocycles. The van der Waals surface area contributed by atoms with E-state index in [1.54, 1.807) is 36.1 Å². The Morgan fingerprint density at radius 1 is 1.23 bits per heavy atom. The highest BCUT2D eigenvalue weighted by molar-refractivity contribution is 7.93. The van der Waals surface area contributed by atoms with Crippen LogP contribution >= 0.6 is 11.3 Å². The summed E-state index contributed by atoms with van der Waals surface area (Å²) in [4.78, 5) is 13.3. The van der Waals surface area contributed by atoms with Gasteiger partial charge < -0.3 is 5.73 Å². The summed E-state index contributed by atoms with van der Waals surface area (Å²) in [5, 5.41) is 4.21. The molecule has 0 aliphatic rings. The van der Waals surface area contributed by atoms with Crippen LogP contribution in [0.3, 0.4) is 0 Å². The van der Waals surface area contributed by atoms with Gasteiger partial charge in [0.05, 0.1) is 17.6 Å². The van der Waals surface area contributed by atoms with Gasteiger partial charge in [0.15, 0.2) is 0 Å². The highest BCUT2D eigenvalue weighted by Gasteiger charge is 2.22. The lowest BCUT2D eigenvalue weighted by Gasteiger charge is -2.13. The summed E-state index contributed by atoms with van der Waals surface area (Å²) in [5.74, 6) is -0.642. The highest BCUT2D eigenvalue weighted by atomic mass is 32.2. The number of hydrogen-bond donors (Lipinski definition) is 2. The standard InChI is InChI=1S/C17H18N4O3S2/c1-10-8-19-21(9-10)15-5-4-13(17(18)22)7-14(15)20-26(23,24)16-6-11(2)25-12(16)3/h4-9,20H,1-3H3,(H2,18,22). The lowest BCUT2D eigenvalue weighted by atomic mass is 10.1. The number of hydrogen-bond acceptors (Lipinski definition) is 5. The van der Waals surface area contributed by atoms with E-state index >= 15 is 0 Å². The Kier molecular flexibility index (Phi) is 4.59. The lowest BCUT2D eigenvalue weighted by molar-refractivity contribution is 0.100. The first-order chi connectivity index (χ1) is 12.2. The molecule has 0 bridgehead atoms. The van der Waals surface area contributed by atoms with Crippen LogP contribution in [0.5, 0.6) is 0 Å². The summed E-state index contributed by atoms with van der Waals surface area (Å²) in [5.41, 5.74) is 7.19. The molecule has 0 radical (unpaired) electrons. The van der Waals surface area contributed by atoms with Crippen LogP contribution in [0, 0.1) is 20.8 Å². The zero-order valence-electron chi connectivity index (χ0n) is 14.5. The second-order valence-electron chi connectivity index (χ2n) is 5.94. The van der Waals surface area contributed by atoms with Crippen LogP contribution in [0.1, 0.15) is 25.7 Å². The molecule has 0 saturated carbocycles. The Bertz CT molecular complexity index is 1100. The number of thiophene rings is 1. The minimum Gasteiger partial charge on any atom is -0.366 e. The third-order valence-corrected chi connectivity index (χ3v) is 6.36. The van der Waals surface area contributed by atoms with Crippen molar-refractivity contribution in [1.82, 2.24) is 9.78 Å². The van der Waals surface area contributed by atoms with Crippen LogP contribution in [0.15, 0.2) is 41.6 Å². The molecule has 0 spiro atoms. The van der Waals surface area contributed by atoms with E-state index in [1.807, 2.05) is 13.8 Å². The van der Waals surface area contributed by atoms with Gasteiger partial charge in [0.2, 0.25) is 5.91 Å². The number of rotatable bonds is 5. The van der Waals surface area contributed by atoms with Crippen LogP contribution in [-0.4, -0.2) is 24.1 Å². The Labute approximate surface area is 155 Å². The van der Waals surface area contributed by atoms with Crippen molar-refractivity contribution in [3.05, 3.63) is 57.5 Å². The molecule has 1 aromatic carbocycles. The third-order valence-electron chi connectivity index (χ3n) is 3.77.